The van der Waals surface area contributed by atoms with E-state index in [2.05, 4.69) is 59.5 Å². The van der Waals surface area contributed by atoms with E-state index in [0.29, 0.717) is 6.54 Å². The van der Waals surface area contributed by atoms with Crippen molar-refractivity contribution < 1.29 is 26.1 Å². The first-order chi connectivity index (χ1) is 17.2. The average Bonchev–Trinajstić information content (AvgIpc) is 3.30. The fourth-order valence-electron chi connectivity index (χ4n) is 5.09. The Bertz CT molecular complexity index is 1470. The molecule has 0 bridgehead atoms. The van der Waals surface area contributed by atoms with Gasteiger partial charge >= 0.3 is 226 Å². The third-order valence-electron chi connectivity index (χ3n) is 6.76. The van der Waals surface area contributed by atoms with Gasteiger partial charge < -0.3 is 0 Å². The topological polar surface area (TPSA) is 38.1 Å². The summed E-state index contributed by atoms with van der Waals surface area (Å²) in [6.45, 7) is 2.45. The number of benzene rings is 3. The molecule has 169 valence electrons. The van der Waals surface area contributed by atoms with E-state index in [4.69, 9.17) is 4.98 Å². The van der Waals surface area contributed by atoms with Crippen molar-refractivity contribution in [2.24, 2.45) is 0 Å². The molecule has 0 atom stereocenters. The summed E-state index contributed by atoms with van der Waals surface area (Å²) < 4.78 is 4.26. The third kappa shape index (κ3) is 4.53. The van der Waals surface area contributed by atoms with Crippen molar-refractivity contribution in [3.63, 3.8) is 0 Å². The summed E-state index contributed by atoms with van der Waals surface area (Å²) >= 11 is 2.06. The Morgan fingerprint density at radius 2 is 1.57 bits per heavy atom. The second-order valence-electron chi connectivity index (χ2n) is 9.06. The Morgan fingerprint density at radius 1 is 0.914 bits per heavy atom. The molecule has 6 heteroatoms. The molecule has 35 heavy (non-hydrogen) atoms. The van der Waals surface area contributed by atoms with E-state index >= 15 is 0 Å². The van der Waals surface area contributed by atoms with E-state index in [-0.39, 0.29) is 37.7 Å². The van der Waals surface area contributed by atoms with Crippen LogP contribution in [0.3, 0.4) is 0 Å². The summed E-state index contributed by atoms with van der Waals surface area (Å²) in [6.07, 6.45) is 0.835. The molecule has 2 aromatic heterocycles. The van der Waals surface area contributed by atoms with Crippen LogP contribution in [-0.2, 0) is 45.6 Å². The molecule has 1 aliphatic heterocycles. The summed E-state index contributed by atoms with van der Waals surface area (Å²) in [5.74, 6) is 0. The molecule has 5 aromatic rings. The van der Waals surface area contributed by atoms with Gasteiger partial charge in [-0.25, -0.2) is 0 Å². The van der Waals surface area contributed by atoms with Crippen LogP contribution < -0.4 is 8.89 Å². The first-order valence-electron chi connectivity index (χ1n) is 11.9. The maximum absolute atomic E-state index is 14.1. The molecule has 0 aliphatic carbocycles. The van der Waals surface area contributed by atoms with Crippen molar-refractivity contribution in [1.82, 2.24) is 14.5 Å². The van der Waals surface area contributed by atoms with Crippen LogP contribution in [0.15, 0.2) is 95.8 Å². The zero-order chi connectivity index (χ0) is 23.8. The molecule has 3 aromatic carbocycles. The molecule has 4 nitrogen and oxygen atoms in total. The van der Waals surface area contributed by atoms with Crippen molar-refractivity contribution in [2.45, 2.75) is 25.6 Å². The number of thiophene rings is 1. The normalized spacial score (nSPS) is 13.9. The van der Waals surface area contributed by atoms with Crippen molar-refractivity contribution in [3.05, 3.63) is 129 Å². The van der Waals surface area contributed by atoms with E-state index in [1.54, 1.807) is 0 Å². The van der Waals surface area contributed by atoms with Gasteiger partial charge in [0.1, 0.15) is 0 Å². The van der Waals surface area contributed by atoms with Gasteiger partial charge in [-0.15, -0.1) is 0 Å². The zero-order valence-electron chi connectivity index (χ0n) is 19.4. The van der Waals surface area contributed by atoms with Crippen molar-refractivity contribution in [1.29, 1.82) is 0 Å². The van der Waals surface area contributed by atoms with Gasteiger partial charge in [-0.2, -0.15) is 0 Å². The molecule has 0 N–H and O–H groups in total. The minimum absolute atomic E-state index is 0.124. The molecule has 0 saturated carbocycles. The number of hydrogen-bond acceptors (Lipinski definition) is 4. The van der Waals surface area contributed by atoms with Crippen LogP contribution >= 0.6 is 11.3 Å². The van der Waals surface area contributed by atoms with Crippen LogP contribution in [0.2, 0.25) is 0 Å². The third-order valence-corrected chi connectivity index (χ3v) is 9.80. The van der Waals surface area contributed by atoms with Crippen LogP contribution in [0, 0.1) is 0 Å². The van der Waals surface area contributed by atoms with Crippen molar-refractivity contribution >= 4 is 24.8 Å². The molecule has 0 saturated heterocycles. The Morgan fingerprint density at radius 3 is 2.26 bits per heavy atom. The Balaban J connectivity index is 1.38. The van der Waals surface area contributed by atoms with E-state index in [0.717, 1.165) is 45.2 Å². The SMILES string of the molecule is O=c1c2c(n[c]([Hg])n1C(c1ccccc1)c1ccccc1)CCN(Cc1cc3ccccc3s1)C2. The van der Waals surface area contributed by atoms with Crippen LogP contribution in [0.4, 0.5) is 0 Å². The molecule has 6 rings (SSSR count). The van der Waals surface area contributed by atoms with Crippen LogP contribution in [0.5, 0.6) is 0 Å². The molecule has 3 heterocycles. The monoisotopic (exact) mass is 664 g/mol. The summed E-state index contributed by atoms with van der Waals surface area (Å²) in [6, 6.07) is 31.4. The molecule has 0 fully saturated rings. The summed E-state index contributed by atoms with van der Waals surface area (Å²) in [7, 11) is 0. The fraction of sp³-hybridized carbons (Fsp3) is 0.172. The minimum atomic E-state index is -0.159. The quantitative estimate of drug-likeness (QED) is 0.253. The molecule has 1 aliphatic rings. The van der Waals surface area contributed by atoms with Gasteiger partial charge in [0.15, 0.2) is 0 Å². The van der Waals surface area contributed by atoms with Crippen LogP contribution in [0.1, 0.15) is 33.3 Å². The maximum atomic E-state index is 14.1. The first kappa shape index (κ1) is 22.8. The summed E-state index contributed by atoms with van der Waals surface area (Å²) in [4.78, 5) is 22.9. The van der Waals surface area contributed by atoms with E-state index in [1.807, 2.05) is 52.3 Å². The van der Waals surface area contributed by atoms with E-state index in [9.17, 15) is 4.79 Å². The van der Waals surface area contributed by atoms with E-state index in [1.165, 1.54) is 15.0 Å². The van der Waals surface area contributed by atoms with Gasteiger partial charge in [-0.3, -0.25) is 0 Å². The summed E-state index contributed by atoms with van der Waals surface area (Å²) in [5, 5.41) is 1.30. The first-order valence-corrected chi connectivity index (χ1v) is 15.5. The number of aromatic nitrogens is 2. The van der Waals surface area contributed by atoms with Crippen molar-refractivity contribution in [2.75, 3.05) is 6.54 Å². The average molecular weight is 663 g/mol. The summed E-state index contributed by atoms with van der Waals surface area (Å²) in [5.41, 5.74) is 4.23. The predicted molar refractivity (Wildman–Crippen MR) is 138 cm³/mol. The predicted octanol–water partition coefficient (Wildman–Crippen LogP) is 4.83. The zero-order valence-corrected chi connectivity index (χ0v) is 25.7. The molecular weight excluding hydrogens is 639 g/mol. The molecular formula is C29H24HgN3OS. The molecule has 0 amide bonds. The number of fused-ring (bicyclic) bond motifs is 2. The van der Waals surface area contributed by atoms with Gasteiger partial charge in [0.25, 0.3) is 0 Å². The number of rotatable bonds is 5. The van der Waals surface area contributed by atoms with Gasteiger partial charge in [0.05, 0.1) is 0 Å². The standard InChI is InChI=1S/C29H24N3OS.Hg/c33-29-25-19-31(18-24-17-23-13-7-8-14-27(23)34-24)16-15-26(25)30-20-32(29)28(21-9-3-1-4-10-21)22-11-5-2-6-12-22;/h1-14,17,28H,15-16,18-19H2;. The Labute approximate surface area is 224 Å². The Kier molecular flexibility index (Phi) is 6.40. The number of hydrogen-bond donors (Lipinski definition) is 0. The Hall–Kier alpha value is -2.60. The molecule has 0 spiro atoms. The van der Waals surface area contributed by atoms with Gasteiger partial charge in [-0.1, -0.05) is 0 Å². The molecule has 0 unspecified atom stereocenters. The van der Waals surface area contributed by atoms with Crippen LogP contribution in [0.25, 0.3) is 10.1 Å². The van der Waals surface area contributed by atoms with Gasteiger partial charge in [-0.05, 0) is 0 Å². The fourth-order valence-corrected chi connectivity index (χ4v) is 8.21. The van der Waals surface area contributed by atoms with Gasteiger partial charge in [0.2, 0.25) is 0 Å². The van der Waals surface area contributed by atoms with Crippen molar-refractivity contribution in [3.8, 4) is 0 Å². The molecule has 0 radical (unpaired) electrons. The second kappa shape index (κ2) is 9.80. The van der Waals surface area contributed by atoms with Gasteiger partial charge in [0, 0.05) is 0 Å². The number of nitrogens with zero attached hydrogens (tertiary/aromatic N) is 3. The van der Waals surface area contributed by atoms with Crippen LogP contribution in [-0.4, -0.2) is 21.0 Å². The second-order valence-corrected chi connectivity index (χ2v) is 12.7. The van der Waals surface area contributed by atoms with E-state index < -0.39 is 0 Å².